The molecule has 1 heterocycles. The summed E-state index contributed by atoms with van der Waals surface area (Å²) < 4.78 is 15.6. The van der Waals surface area contributed by atoms with E-state index in [0.717, 1.165) is 24.2 Å². The second-order valence-corrected chi connectivity index (χ2v) is 7.79. The van der Waals surface area contributed by atoms with Crippen molar-refractivity contribution in [2.45, 2.75) is 26.7 Å². The van der Waals surface area contributed by atoms with Crippen molar-refractivity contribution in [2.24, 2.45) is 5.92 Å². The molecule has 1 aromatic carbocycles. The van der Waals surface area contributed by atoms with Gasteiger partial charge in [-0.1, -0.05) is 0 Å². The maximum Gasteiger partial charge on any atom is 0.341 e. The first-order valence-corrected chi connectivity index (χ1v) is 10.4. The molecule has 0 atom stereocenters. The van der Waals surface area contributed by atoms with Crippen molar-refractivity contribution in [3.8, 4) is 11.5 Å². The largest absolute Gasteiger partial charge is 0.497 e. The summed E-state index contributed by atoms with van der Waals surface area (Å²) in [7, 11) is 3.03. The van der Waals surface area contributed by atoms with Gasteiger partial charge in [-0.25, -0.2) is 4.79 Å². The lowest BCUT2D eigenvalue weighted by Gasteiger charge is -2.11. The summed E-state index contributed by atoms with van der Waals surface area (Å²) in [5.74, 6) is -0.151. The zero-order valence-electron chi connectivity index (χ0n) is 17.3. The Morgan fingerprint density at radius 1 is 1.13 bits per heavy atom. The number of esters is 1. The Kier molecular flexibility index (Phi) is 6.61. The van der Waals surface area contributed by atoms with E-state index in [0.29, 0.717) is 32.6 Å². The molecular formula is C21H24N2O6S. The SMILES string of the molecule is CCOC(=O)c1c(NC(=O)C2CC2)sc(C(=O)Nc2ccc(OC)cc2OC)c1C. The van der Waals surface area contributed by atoms with E-state index in [1.807, 2.05) is 0 Å². The standard InChI is InChI=1S/C21H24N2O6S/c1-5-29-21(26)16-11(2)17(30-20(16)23-18(24)12-6-7-12)19(25)22-14-9-8-13(27-3)10-15(14)28-4/h8-10,12H,5-7H2,1-4H3,(H,22,25)(H,23,24). The number of hydrogen-bond donors (Lipinski definition) is 2. The first kappa shape index (κ1) is 21.6. The van der Waals surface area contributed by atoms with Crippen LogP contribution in [0.1, 0.15) is 45.4 Å². The number of hydrogen-bond acceptors (Lipinski definition) is 7. The molecule has 0 aliphatic heterocycles. The minimum atomic E-state index is -0.571. The third-order valence-corrected chi connectivity index (χ3v) is 5.88. The number of carbonyl (C=O) groups is 3. The Bertz CT molecular complexity index is 980. The van der Waals surface area contributed by atoms with E-state index in [-0.39, 0.29) is 24.0 Å². The fourth-order valence-corrected chi connectivity index (χ4v) is 4.00. The van der Waals surface area contributed by atoms with Crippen LogP contribution in [0.3, 0.4) is 0 Å². The molecule has 2 amide bonds. The van der Waals surface area contributed by atoms with E-state index in [9.17, 15) is 14.4 Å². The molecule has 2 aromatic rings. The maximum atomic E-state index is 13.0. The van der Waals surface area contributed by atoms with Crippen molar-refractivity contribution in [3.63, 3.8) is 0 Å². The van der Waals surface area contributed by atoms with Gasteiger partial charge in [0.05, 0.1) is 37.0 Å². The number of amides is 2. The van der Waals surface area contributed by atoms with E-state index in [1.165, 1.54) is 14.2 Å². The highest BCUT2D eigenvalue weighted by atomic mass is 32.1. The van der Waals surface area contributed by atoms with Gasteiger partial charge >= 0.3 is 5.97 Å². The van der Waals surface area contributed by atoms with Crippen molar-refractivity contribution in [1.29, 1.82) is 0 Å². The molecule has 0 unspecified atom stereocenters. The zero-order valence-corrected chi connectivity index (χ0v) is 18.1. The summed E-state index contributed by atoms with van der Waals surface area (Å²) in [4.78, 5) is 38.0. The smallest absolute Gasteiger partial charge is 0.341 e. The predicted octanol–water partition coefficient (Wildman–Crippen LogP) is 3.85. The minimum Gasteiger partial charge on any atom is -0.497 e. The summed E-state index contributed by atoms with van der Waals surface area (Å²) in [6.07, 6.45) is 1.66. The van der Waals surface area contributed by atoms with Crippen molar-refractivity contribution in [1.82, 2.24) is 0 Å². The summed E-state index contributed by atoms with van der Waals surface area (Å²) in [6, 6.07) is 5.02. The lowest BCUT2D eigenvalue weighted by molar-refractivity contribution is -0.117. The highest BCUT2D eigenvalue weighted by Crippen LogP contribution is 2.37. The number of ether oxygens (including phenoxy) is 3. The van der Waals surface area contributed by atoms with Crippen LogP contribution in [-0.2, 0) is 9.53 Å². The van der Waals surface area contributed by atoms with Gasteiger partial charge in [-0.3, -0.25) is 9.59 Å². The minimum absolute atomic E-state index is 0.0386. The number of methoxy groups -OCH3 is 2. The van der Waals surface area contributed by atoms with Gasteiger partial charge in [0.1, 0.15) is 16.5 Å². The molecule has 1 fully saturated rings. The predicted molar refractivity (Wildman–Crippen MR) is 114 cm³/mol. The lowest BCUT2D eigenvalue weighted by Crippen LogP contribution is -2.16. The van der Waals surface area contributed by atoms with Crippen LogP contribution in [0.5, 0.6) is 11.5 Å². The Morgan fingerprint density at radius 2 is 1.87 bits per heavy atom. The molecule has 0 saturated heterocycles. The molecule has 2 N–H and O–H groups in total. The Balaban J connectivity index is 1.91. The average Bonchev–Trinajstić information content (AvgIpc) is 3.52. The van der Waals surface area contributed by atoms with Crippen LogP contribution in [0.15, 0.2) is 18.2 Å². The van der Waals surface area contributed by atoms with Gasteiger partial charge in [-0.05, 0) is 44.4 Å². The summed E-state index contributed by atoms with van der Waals surface area (Å²) in [5.41, 5.74) is 1.12. The third-order valence-electron chi connectivity index (χ3n) is 4.67. The number of rotatable bonds is 8. The quantitative estimate of drug-likeness (QED) is 0.614. The molecule has 9 heteroatoms. The Hall–Kier alpha value is -3.07. The van der Waals surface area contributed by atoms with Crippen molar-refractivity contribution < 1.29 is 28.6 Å². The van der Waals surface area contributed by atoms with Crippen molar-refractivity contribution >= 4 is 39.8 Å². The van der Waals surface area contributed by atoms with Gasteiger partial charge in [0.15, 0.2) is 0 Å². The summed E-state index contributed by atoms with van der Waals surface area (Å²) in [6.45, 7) is 3.55. The highest BCUT2D eigenvalue weighted by molar-refractivity contribution is 7.19. The number of benzene rings is 1. The number of carbonyl (C=O) groups excluding carboxylic acids is 3. The van der Waals surface area contributed by atoms with Gasteiger partial charge in [0, 0.05) is 12.0 Å². The molecule has 0 spiro atoms. The summed E-state index contributed by atoms with van der Waals surface area (Å²) >= 11 is 1.05. The molecule has 0 bridgehead atoms. The fourth-order valence-electron chi connectivity index (χ4n) is 2.91. The normalized spacial score (nSPS) is 12.8. The molecule has 8 nitrogen and oxygen atoms in total. The van der Waals surface area contributed by atoms with E-state index >= 15 is 0 Å². The van der Waals surface area contributed by atoms with Crippen LogP contribution in [0.25, 0.3) is 0 Å². The van der Waals surface area contributed by atoms with Gasteiger partial charge in [0.25, 0.3) is 5.91 Å². The van der Waals surface area contributed by atoms with E-state index in [1.54, 1.807) is 32.0 Å². The Labute approximate surface area is 178 Å². The molecule has 30 heavy (non-hydrogen) atoms. The second kappa shape index (κ2) is 9.17. The van der Waals surface area contributed by atoms with Crippen LogP contribution >= 0.6 is 11.3 Å². The van der Waals surface area contributed by atoms with Crippen LogP contribution in [-0.4, -0.2) is 38.6 Å². The van der Waals surface area contributed by atoms with Gasteiger partial charge in [-0.15, -0.1) is 11.3 Å². The molecule has 1 saturated carbocycles. The number of anilines is 2. The van der Waals surface area contributed by atoms with E-state index in [4.69, 9.17) is 14.2 Å². The Morgan fingerprint density at radius 3 is 2.47 bits per heavy atom. The summed E-state index contributed by atoms with van der Waals surface area (Å²) in [5, 5.41) is 5.91. The first-order chi connectivity index (χ1) is 14.4. The topological polar surface area (TPSA) is 103 Å². The van der Waals surface area contributed by atoms with Crippen LogP contribution in [0.2, 0.25) is 0 Å². The van der Waals surface area contributed by atoms with Gasteiger partial charge in [-0.2, -0.15) is 0 Å². The highest BCUT2D eigenvalue weighted by Gasteiger charge is 2.33. The molecule has 0 radical (unpaired) electrons. The molecular weight excluding hydrogens is 408 g/mol. The number of nitrogens with one attached hydrogen (secondary N) is 2. The maximum absolute atomic E-state index is 13.0. The fraction of sp³-hybridized carbons (Fsp3) is 0.381. The molecule has 160 valence electrons. The molecule has 1 aliphatic carbocycles. The number of thiophene rings is 1. The van der Waals surface area contributed by atoms with Crippen molar-refractivity contribution in [2.75, 3.05) is 31.5 Å². The van der Waals surface area contributed by atoms with Crippen LogP contribution < -0.4 is 20.1 Å². The van der Waals surface area contributed by atoms with Gasteiger partial charge < -0.3 is 24.8 Å². The molecule has 1 aromatic heterocycles. The average molecular weight is 432 g/mol. The lowest BCUT2D eigenvalue weighted by atomic mass is 10.1. The third kappa shape index (κ3) is 4.56. The van der Waals surface area contributed by atoms with E-state index in [2.05, 4.69) is 10.6 Å². The molecule has 1 aliphatic rings. The zero-order chi connectivity index (χ0) is 21.8. The van der Waals surface area contributed by atoms with Gasteiger partial charge in [0.2, 0.25) is 5.91 Å². The monoisotopic (exact) mass is 432 g/mol. The van der Waals surface area contributed by atoms with Crippen LogP contribution in [0, 0.1) is 12.8 Å². The first-order valence-electron chi connectivity index (χ1n) is 9.54. The van der Waals surface area contributed by atoms with E-state index < -0.39 is 11.9 Å². The van der Waals surface area contributed by atoms with Crippen LogP contribution in [0.4, 0.5) is 10.7 Å². The second-order valence-electron chi connectivity index (χ2n) is 6.76. The van der Waals surface area contributed by atoms with Crippen molar-refractivity contribution in [3.05, 3.63) is 34.2 Å². The molecule has 3 rings (SSSR count).